The molecule has 0 aromatic heterocycles. The number of Topliss-reactive ketones (excluding diaryl/α,β-unsaturated/α-hetero) is 1. The van der Waals surface area contributed by atoms with Gasteiger partial charge in [0.25, 0.3) is 0 Å². The molecule has 1 heterocycles. The molecular weight excluding hydrogens is 208 g/mol. The summed E-state index contributed by atoms with van der Waals surface area (Å²) >= 11 is 3.14. The first-order valence-electron chi connectivity index (χ1n) is 4.02. The van der Waals surface area contributed by atoms with Gasteiger partial charge in [0, 0.05) is 13.0 Å². The van der Waals surface area contributed by atoms with Gasteiger partial charge in [0.2, 0.25) is 0 Å². The monoisotopic (exact) mass is 220 g/mol. The van der Waals surface area contributed by atoms with E-state index in [1.807, 2.05) is 0 Å². The van der Waals surface area contributed by atoms with E-state index < -0.39 is 0 Å². The molecule has 1 aliphatic rings. The van der Waals surface area contributed by atoms with Gasteiger partial charge in [0.15, 0.2) is 0 Å². The van der Waals surface area contributed by atoms with E-state index in [1.54, 1.807) is 0 Å². The van der Waals surface area contributed by atoms with Crippen LogP contribution in [-0.4, -0.2) is 23.8 Å². The fourth-order valence-corrected chi connectivity index (χ4v) is 1.51. The van der Waals surface area contributed by atoms with Gasteiger partial charge in [-0.1, -0.05) is 15.9 Å². The van der Waals surface area contributed by atoms with Crippen LogP contribution < -0.4 is 0 Å². The van der Waals surface area contributed by atoms with E-state index in [4.69, 9.17) is 4.74 Å². The van der Waals surface area contributed by atoms with Gasteiger partial charge in [-0.25, -0.2) is 0 Å². The number of alkyl halides is 1. The second-order valence-corrected chi connectivity index (χ2v) is 3.43. The Morgan fingerprint density at radius 1 is 1.55 bits per heavy atom. The van der Waals surface area contributed by atoms with Crippen molar-refractivity contribution >= 4 is 21.7 Å². The number of rotatable bonds is 3. The average molecular weight is 221 g/mol. The van der Waals surface area contributed by atoms with E-state index in [2.05, 4.69) is 15.9 Å². The van der Waals surface area contributed by atoms with Gasteiger partial charge in [0.1, 0.15) is 5.78 Å². The van der Waals surface area contributed by atoms with Crippen molar-refractivity contribution in [2.24, 2.45) is 0 Å². The zero-order chi connectivity index (χ0) is 8.10. The molecule has 1 saturated heterocycles. The van der Waals surface area contributed by atoms with Crippen molar-refractivity contribution < 1.29 is 9.53 Å². The summed E-state index contributed by atoms with van der Waals surface area (Å²) in [7, 11) is 0. The van der Waals surface area contributed by atoms with Crippen LogP contribution in [0.5, 0.6) is 0 Å². The molecule has 11 heavy (non-hydrogen) atoms. The topological polar surface area (TPSA) is 26.3 Å². The third-order valence-corrected chi connectivity index (χ3v) is 2.50. The summed E-state index contributed by atoms with van der Waals surface area (Å²) in [6.45, 7) is 0.834. The maximum Gasteiger partial charge on any atom is 0.145 e. The van der Waals surface area contributed by atoms with Gasteiger partial charge in [-0.3, -0.25) is 4.79 Å². The molecule has 0 aromatic carbocycles. The number of carbonyl (C=O) groups is 1. The van der Waals surface area contributed by atoms with Gasteiger partial charge in [0.05, 0.1) is 11.4 Å². The molecule has 0 N–H and O–H groups in total. The molecule has 0 aromatic rings. The van der Waals surface area contributed by atoms with Crippen LogP contribution in [0.3, 0.4) is 0 Å². The Morgan fingerprint density at radius 2 is 2.36 bits per heavy atom. The highest BCUT2D eigenvalue weighted by Gasteiger charge is 2.16. The van der Waals surface area contributed by atoms with E-state index in [0.717, 1.165) is 19.4 Å². The van der Waals surface area contributed by atoms with Crippen LogP contribution in [0.4, 0.5) is 0 Å². The third kappa shape index (κ3) is 3.34. The van der Waals surface area contributed by atoms with Crippen molar-refractivity contribution in [2.45, 2.75) is 31.8 Å². The lowest BCUT2D eigenvalue weighted by Crippen LogP contribution is -2.22. The Labute approximate surface area is 75.4 Å². The van der Waals surface area contributed by atoms with E-state index in [1.165, 1.54) is 6.42 Å². The van der Waals surface area contributed by atoms with Crippen LogP contribution >= 0.6 is 15.9 Å². The molecule has 1 fully saturated rings. The second-order valence-electron chi connectivity index (χ2n) is 2.87. The Balaban J connectivity index is 2.19. The molecule has 1 atom stereocenters. The Bertz CT molecular complexity index is 130. The smallest absolute Gasteiger partial charge is 0.145 e. The number of ether oxygens (including phenoxy) is 1. The quantitative estimate of drug-likeness (QED) is 0.680. The molecule has 0 aliphatic carbocycles. The molecule has 0 bridgehead atoms. The highest BCUT2D eigenvalue weighted by molar-refractivity contribution is 9.09. The summed E-state index contributed by atoms with van der Waals surface area (Å²) in [4.78, 5) is 11.0. The largest absolute Gasteiger partial charge is 0.378 e. The van der Waals surface area contributed by atoms with Gasteiger partial charge in [-0.05, 0) is 19.3 Å². The Hall–Kier alpha value is 0.110. The van der Waals surface area contributed by atoms with Gasteiger partial charge < -0.3 is 4.74 Å². The maximum absolute atomic E-state index is 11.0. The standard InChI is InChI=1S/C8H13BrO2/c9-6-7(10)5-8-3-1-2-4-11-8/h8H,1-6H2. The van der Waals surface area contributed by atoms with Crippen molar-refractivity contribution in [2.75, 3.05) is 11.9 Å². The summed E-state index contributed by atoms with van der Waals surface area (Å²) in [6, 6.07) is 0. The highest BCUT2D eigenvalue weighted by atomic mass is 79.9. The van der Waals surface area contributed by atoms with Crippen LogP contribution in [0.15, 0.2) is 0 Å². The Morgan fingerprint density at radius 3 is 2.91 bits per heavy atom. The molecule has 0 saturated carbocycles. The first-order chi connectivity index (χ1) is 5.33. The second kappa shape index (κ2) is 4.88. The molecule has 1 rings (SSSR count). The number of ketones is 1. The lowest BCUT2D eigenvalue weighted by atomic mass is 10.1. The molecule has 1 aliphatic heterocycles. The summed E-state index contributed by atoms with van der Waals surface area (Å²) in [6.07, 6.45) is 4.21. The van der Waals surface area contributed by atoms with Crippen molar-refractivity contribution in [1.82, 2.24) is 0 Å². The molecule has 0 amide bonds. The summed E-state index contributed by atoms with van der Waals surface area (Å²) < 4.78 is 5.41. The minimum atomic E-state index is 0.203. The summed E-state index contributed by atoms with van der Waals surface area (Å²) in [5.41, 5.74) is 0. The number of halogens is 1. The molecule has 2 nitrogen and oxygen atoms in total. The van der Waals surface area contributed by atoms with Crippen molar-refractivity contribution in [3.05, 3.63) is 0 Å². The molecule has 64 valence electrons. The third-order valence-electron chi connectivity index (χ3n) is 1.88. The van der Waals surface area contributed by atoms with E-state index in [0.29, 0.717) is 11.8 Å². The number of carbonyl (C=O) groups excluding carboxylic acids is 1. The maximum atomic E-state index is 11.0. The van der Waals surface area contributed by atoms with Gasteiger partial charge >= 0.3 is 0 Å². The van der Waals surface area contributed by atoms with Gasteiger partial charge in [-0.15, -0.1) is 0 Å². The predicted octanol–water partition coefficient (Wildman–Crippen LogP) is 1.91. The van der Waals surface area contributed by atoms with E-state index >= 15 is 0 Å². The lowest BCUT2D eigenvalue weighted by molar-refractivity contribution is -0.120. The highest BCUT2D eigenvalue weighted by Crippen LogP contribution is 2.15. The van der Waals surface area contributed by atoms with Crippen LogP contribution in [0.1, 0.15) is 25.7 Å². The normalized spacial score (nSPS) is 25.0. The van der Waals surface area contributed by atoms with E-state index in [-0.39, 0.29) is 11.9 Å². The molecular formula is C8H13BrO2. The SMILES string of the molecule is O=C(CBr)CC1CCCCO1. The van der Waals surface area contributed by atoms with Crippen LogP contribution in [-0.2, 0) is 9.53 Å². The first kappa shape index (κ1) is 9.20. The zero-order valence-electron chi connectivity index (χ0n) is 6.51. The molecule has 3 heteroatoms. The minimum absolute atomic E-state index is 0.203. The fourth-order valence-electron chi connectivity index (χ4n) is 1.28. The number of hydrogen-bond donors (Lipinski definition) is 0. The lowest BCUT2D eigenvalue weighted by Gasteiger charge is -2.21. The summed E-state index contributed by atoms with van der Waals surface area (Å²) in [5, 5.41) is 0.465. The van der Waals surface area contributed by atoms with Crippen molar-refractivity contribution in [3.8, 4) is 0 Å². The number of hydrogen-bond acceptors (Lipinski definition) is 2. The summed E-state index contributed by atoms with van der Waals surface area (Å²) in [5.74, 6) is 0.247. The van der Waals surface area contributed by atoms with Crippen LogP contribution in [0.2, 0.25) is 0 Å². The molecule has 0 radical (unpaired) electrons. The fraction of sp³-hybridized carbons (Fsp3) is 0.875. The van der Waals surface area contributed by atoms with Gasteiger partial charge in [-0.2, -0.15) is 0 Å². The molecule has 1 unspecified atom stereocenters. The predicted molar refractivity (Wildman–Crippen MR) is 47.0 cm³/mol. The average Bonchev–Trinajstić information content (AvgIpc) is 2.06. The minimum Gasteiger partial charge on any atom is -0.378 e. The van der Waals surface area contributed by atoms with Crippen molar-refractivity contribution in [1.29, 1.82) is 0 Å². The van der Waals surface area contributed by atoms with Crippen LogP contribution in [0, 0.1) is 0 Å². The Kier molecular flexibility index (Phi) is 4.08. The van der Waals surface area contributed by atoms with E-state index in [9.17, 15) is 4.79 Å². The molecule has 0 spiro atoms. The zero-order valence-corrected chi connectivity index (χ0v) is 8.10. The first-order valence-corrected chi connectivity index (χ1v) is 5.14. The van der Waals surface area contributed by atoms with Crippen LogP contribution in [0.25, 0.3) is 0 Å². The van der Waals surface area contributed by atoms with Crippen molar-refractivity contribution in [3.63, 3.8) is 0 Å².